The summed E-state index contributed by atoms with van der Waals surface area (Å²) in [6, 6.07) is 0.312. The zero-order chi connectivity index (χ0) is 8.27. The van der Waals surface area contributed by atoms with Gasteiger partial charge in [0.1, 0.15) is 0 Å². The molecule has 1 aliphatic heterocycles. The molecule has 0 aliphatic carbocycles. The molecule has 3 heteroatoms. The van der Waals surface area contributed by atoms with E-state index >= 15 is 0 Å². The molecule has 0 aromatic heterocycles. The molecule has 0 aromatic rings. The van der Waals surface area contributed by atoms with E-state index in [0.717, 1.165) is 36.7 Å². The lowest BCUT2D eigenvalue weighted by Gasteiger charge is -2.22. The molecule has 0 radical (unpaired) electrons. The molecule has 1 unspecified atom stereocenters. The molecule has 0 spiro atoms. The molecule has 2 nitrogen and oxygen atoms in total. The van der Waals surface area contributed by atoms with Gasteiger partial charge < -0.3 is 5.73 Å². The lowest BCUT2D eigenvalue weighted by atomic mass is 9.95. The van der Waals surface area contributed by atoms with Crippen molar-refractivity contribution in [3.63, 3.8) is 0 Å². The molecule has 0 amide bonds. The highest BCUT2D eigenvalue weighted by atomic mass is 32.2. The van der Waals surface area contributed by atoms with Crippen molar-refractivity contribution < 1.29 is 4.21 Å². The van der Waals surface area contributed by atoms with Crippen molar-refractivity contribution >= 4 is 10.8 Å². The van der Waals surface area contributed by atoms with Gasteiger partial charge in [-0.1, -0.05) is 0 Å². The Labute approximate surface area is 71.0 Å². The topological polar surface area (TPSA) is 43.1 Å². The van der Waals surface area contributed by atoms with Crippen molar-refractivity contribution in [1.29, 1.82) is 0 Å². The Kier molecular flexibility index (Phi) is 3.52. The smallest absolute Gasteiger partial charge is 0.0237 e. The van der Waals surface area contributed by atoms with Gasteiger partial charge in [0.05, 0.1) is 0 Å². The van der Waals surface area contributed by atoms with Gasteiger partial charge in [0.2, 0.25) is 0 Å². The van der Waals surface area contributed by atoms with Crippen LogP contribution in [0.15, 0.2) is 0 Å². The van der Waals surface area contributed by atoms with Crippen LogP contribution < -0.4 is 5.73 Å². The van der Waals surface area contributed by atoms with E-state index in [-0.39, 0.29) is 0 Å². The second kappa shape index (κ2) is 4.21. The first-order chi connectivity index (χ1) is 5.18. The van der Waals surface area contributed by atoms with Gasteiger partial charge in [-0.2, -0.15) is 0 Å². The van der Waals surface area contributed by atoms with Crippen LogP contribution in [0.3, 0.4) is 0 Å². The van der Waals surface area contributed by atoms with E-state index in [1.54, 1.807) is 0 Å². The summed E-state index contributed by atoms with van der Waals surface area (Å²) in [6.45, 7) is 2.05. The second-order valence-corrected chi connectivity index (χ2v) is 5.20. The van der Waals surface area contributed by atoms with Crippen LogP contribution in [0.5, 0.6) is 0 Å². The first-order valence-corrected chi connectivity index (χ1v) is 5.78. The molecule has 0 aromatic carbocycles. The lowest BCUT2D eigenvalue weighted by Crippen LogP contribution is -2.25. The predicted octanol–water partition coefficient (Wildman–Crippen LogP) is 0.882. The molecule has 66 valence electrons. The summed E-state index contributed by atoms with van der Waals surface area (Å²) in [7, 11) is -0.517. The zero-order valence-corrected chi connectivity index (χ0v) is 7.90. The highest BCUT2D eigenvalue weighted by Crippen LogP contribution is 2.20. The van der Waals surface area contributed by atoms with Gasteiger partial charge in [-0.25, -0.2) is 0 Å². The summed E-state index contributed by atoms with van der Waals surface area (Å²) < 4.78 is 11.0. The Balaban J connectivity index is 2.22. The summed E-state index contributed by atoms with van der Waals surface area (Å²) in [4.78, 5) is 0. The van der Waals surface area contributed by atoms with E-state index in [1.165, 1.54) is 0 Å². The molecule has 1 rings (SSSR count). The highest BCUT2D eigenvalue weighted by molar-refractivity contribution is 7.85. The minimum atomic E-state index is -0.517. The Hall–Kier alpha value is 0.110. The quantitative estimate of drug-likeness (QED) is 0.677. The molecular weight excluding hydrogens is 158 g/mol. The van der Waals surface area contributed by atoms with E-state index in [1.807, 2.05) is 6.92 Å². The minimum absolute atomic E-state index is 0.312. The van der Waals surface area contributed by atoms with Crippen molar-refractivity contribution in [3.05, 3.63) is 0 Å². The fraction of sp³-hybridized carbons (Fsp3) is 1.00. The van der Waals surface area contributed by atoms with Gasteiger partial charge in [-0.15, -0.1) is 0 Å². The normalized spacial score (nSPS) is 35.1. The number of hydrogen-bond acceptors (Lipinski definition) is 2. The van der Waals surface area contributed by atoms with Crippen LogP contribution in [0.2, 0.25) is 0 Å². The predicted molar refractivity (Wildman–Crippen MR) is 48.9 cm³/mol. The SMILES string of the molecule is CC(N)CC1CCS(=O)CC1. The summed E-state index contributed by atoms with van der Waals surface area (Å²) >= 11 is 0. The van der Waals surface area contributed by atoms with E-state index in [0.29, 0.717) is 6.04 Å². The van der Waals surface area contributed by atoms with Gasteiger partial charge in [0, 0.05) is 28.3 Å². The summed E-state index contributed by atoms with van der Waals surface area (Å²) in [5.74, 6) is 2.54. The molecule has 0 saturated carbocycles. The molecule has 1 saturated heterocycles. The fourth-order valence-electron chi connectivity index (χ4n) is 1.60. The van der Waals surface area contributed by atoms with Crippen molar-refractivity contribution in [2.45, 2.75) is 32.2 Å². The van der Waals surface area contributed by atoms with E-state index in [9.17, 15) is 4.21 Å². The van der Waals surface area contributed by atoms with Gasteiger partial charge in [-0.05, 0) is 32.1 Å². The monoisotopic (exact) mass is 175 g/mol. The van der Waals surface area contributed by atoms with Crippen LogP contribution in [-0.2, 0) is 10.8 Å². The summed E-state index contributed by atoms with van der Waals surface area (Å²) in [6.07, 6.45) is 3.35. The number of nitrogens with two attached hydrogens (primary N) is 1. The largest absolute Gasteiger partial charge is 0.328 e. The molecular formula is C8H17NOS. The lowest BCUT2D eigenvalue weighted by molar-refractivity contribution is 0.414. The maximum atomic E-state index is 11.0. The third-order valence-electron chi connectivity index (χ3n) is 2.21. The Morgan fingerprint density at radius 3 is 2.55 bits per heavy atom. The van der Waals surface area contributed by atoms with Crippen LogP contribution in [0.4, 0.5) is 0 Å². The third kappa shape index (κ3) is 3.34. The number of rotatable bonds is 2. The minimum Gasteiger partial charge on any atom is -0.328 e. The fourth-order valence-corrected chi connectivity index (χ4v) is 3.00. The summed E-state index contributed by atoms with van der Waals surface area (Å²) in [5.41, 5.74) is 5.68. The second-order valence-electron chi connectivity index (χ2n) is 3.50. The van der Waals surface area contributed by atoms with Gasteiger partial charge in [0.25, 0.3) is 0 Å². The molecule has 1 aliphatic rings. The van der Waals surface area contributed by atoms with Crippen molar-refractivity contribution in [3.8, 4) is 0 Å². The summed E-state index contributed by atoms with van der Waals surface area (Å²) in [5, 5.41) is 0. The van der Waals surface area contributed by atoms with Crippen molar-refractivity contribution in [1.82, 2.24) is 0 Å². The van der Waals surface area contributed by atoms with Gasteiger partial charge in [-0.3, -0.25) is 4.21 Å². The average molecular weight is 175 g/mol. The molecule has 2 N–H and O–H groups in total. The van der Waals surface area contributed by atoms with Crippen molar-refractivity contribution in [2.24, 2.45) is 11.7 Å². The van der Waals surface area contributed by atoms with E-state index in [2.05, 4.69) is 0 Å². The van der Waals surface area contributed by atoms with Crippen LogP contribution in [0.25, 0.3) is 0 Å². The first-order valence-electron chi connectivity index (χ1n) is 4.29. The molecule has 1 atom stereocenters. The average Bonchev–Trinajstić information content (AvgIpc) is 1.93. The van der Waals surface area contributed by atoms with E-state index < -0.39 is 10.8 Å². The highest BCUT2D eigenvalue weighted by Gasteiger charge is 2.18. The van der Waals surface area contributed by atoms with Crippen LogP contribution in [-0.4, -0.2) is 21.8 Å². The van der Waals surface area contributed by atoms with Crippen LogP contribution in [0, 0.1) is 5.92 Å². The first kappa shape index (κ1) is 9.20. The van der Waals surface area contributed by atoms with E-state index in [4.69, 9.17) is 5.73 Å². The Morgan fingerprint density at radius 2 is 2.09 bits per heavy atom. The molecule has 0 bridgehead atoms. The molecule has 1 heterocycles. The van der Waals surface area contributed by atoms with Gasteiger partial charge in [0.15, 0.2) is 0 Å². The van der Waals surface area contributed by atoms with Crippen LogP contribution >= 0.6 is 0 Å². The van der Waals surface area contributed by atoms with Gasteiger partial charge >= 0.3 is 0 Å². The van der Waals surface area contributed by atoms with Crippen LogP contribution in [0.1, 0.15) is 26.2 Å². The third-order valence-corrected chi connectivity index (χ3v) is 3.59. The Morgan fingerprint density at radius 1 is 1.55 bits per heavy atom. The Bertz CT molecular complexity index is 137. The maximum absolute atomic E-state index is 11.0. The molecule has 1 fully saturated rings. The van der Waals surface area contributed by atoms with Crippen molar-refractivity contribution in [2.75, 3.05) is 11.5 Å². The maximum Gasteiger partial charge on any atom is 0.0237 e. The number of hydrogen-bond donors (Lipinski definition) is 1. The standard InChI is InChI=1S/C8H17NOS/c1-7(9)6-8-2-4-11(10)5-3-8/h7-8H,2-6,9H2,1H3. The molecule has 11 heavy (non-hydrogen) atoms. The zero-order valence-electron chi connectivity index (χ0n) is 7.08.